The van der Waals surface area contributed by atoms with Crippen molar-refractivity contribution in [1.82, 2.24) is 0 Å². The minimum absolute atomic E-state index is 1.06. The first-order chi connectivity index (χ1) is 12.8. The second-order valence-corrected chi connectivity index (χ2v) is 8.99. The van der Waals surface area contributed by atoms with Crippen LogP contribution in [0.1, 0.15) is 22.3 Å². The first-order valence-electron chi connectivity index (χ1n) is 9.02. The standard InChI is InChI=1S/C24H20S2/c1-5-21-6-2-18-10-23(21)9-17(1)13-25-14-19-3-7-22-8-4-20(16-26-15-18)12-24(22)11-19/h1-12H,13-16H2. The highest BCUT2D eigenvalue weighted by Gasteiger charge is 2.04. The van der Waals surface area contributed by atoms with Crippen molar-refractivity contribution in [3.63, 3.8) is 0 Å². The fourth-order valence-corrected chi connectivity index (χ4v) is 5.49. The molecule has 0 aliphatic carbocycles. The molecule has 128 valence electrons. The molecule has 0 fully saturated rings. The van der Waals surface area contributed by atoms with E-state index in [1.54, 1.807) is 0 Å². The van der Waals surface area contributed by atoms with Gasteiger partial charge < -0.3 is 0 Å². The Morgan fingerprint density at radius 2 is 0.692 bits per heavy atom. The van der Waals surface area contributed by atoms with Gasteiger partial charge in [-0.15, -0.1) is 0 Å². The summed E-state index contributed by atoms with van der Waals surface area (Å²) < 4.78 is 0. The van der Waals surface area contributed by atoms with Gasteiger partial charge in [0.1, 0.15) is 0 Å². The Labute approximate surface area is 163 Å². The molecule has 0 nitrogen and oxygen atoms in total. The molecule has 0 N–H and O–H groups in total. The van der Waals surface area contributed by atoms with Gasteiger partial charge in [-0.3, -0.25) is 0 Å². The van der Waals surface area contributed by atoms with Gasteiger partial charge in [-0.2, -0.15) is 23.5 Å². The molecule has 0 unspecified atom stereocenters. The molecule has 4 aromatic carbocycles. The minimum atomic E-state index is 1.06. The van der Waals surface area contributed by atoms with Crippen molar-refractivity contribution in [2.75, 3.05) is 0 Å². The highest BCUT2D eigenvalue weighted by Crippen LogP contribution is 2.28. The third-order valence-corrected chi connectivity index (χ3v) is 7.16. The Kier molecular flexibility index (Phi) is 4.40. The Hall–Kier alpha value is -1.90. The van der Waals surface area contributed by atoms with E-state index in [-0.39, 0.29) is 0 Å². The minimum Gasteiger partial charge on any atom is -0.152 e. The second kappa shape index (κ2) is 7.02. The zero-order valence-corrected chi connectivity index (χ0v) is 16.2. The molecule has 4 aromatic rings. The van der Waals surface area contributed by atoms with Gasteiger partial charge in [-0.05, 0) is 43.8 Å². The molecule has 2 heteroatoms. The van der Waals surface area contributed by atoms with E-state index in [1.165, 1.54) is 43.8 Å². The van der Waals surface area contributed by atoms with Gasteiger partial charge in [0.2, 0.25) is 0 Å². The molecule has 6 bridgehead atoms. The maximum absolute atomic E-state index is 2.37. The van der Waals surface area contributed by atoms with E-state index in [9.17, 15) is 0 Å². The average Bonchev–Trinajstić information content (AvgIpc) is 2.67. The summed E-state index contributed by atoms with van der Waals surface area (Å²) in [7, 11) is 0. The van der Waals surface area contributed by atoms with Crippen LogP contribution in [0.4, 0.5) is 0 Å². The highest BCUT2D eigenvalue weighted by atomic mass is 32.2. The van der Waals surface area contributed by atoms with Crippen LogP contribution >= 0.6 is 23.5 Å². The van der Waals surface area contributed by atoms with E-state index in [0.29, 0.717) is 0 Å². The lowest BCUT2D eigenvalue weighted by molar-refractivity contribution is 1.36. The molecular formula is C24H20S2. The molecule has 1 aliphatic rings. The first kappa shape index (κ1) is 16.3. The predicted molar refractivity (Wildman–Crippen MR) is 118 cm³/mol. The molecule has 1 aliphatic heterocycles. The monoisotopic (exact) mass is 372 g/mol. The van der Waals surface area contributed by atoms with Crippen molar-refractivity contribution < 1.29 is 0 Å². The summed E-state index contributed by atoms with van der Waals surface area (Å²) in [5, 5.41) is 5.42. The van der Waals surface area contributed by atoms with Crippen molar-refractivity contribution >= 4 is 45.1 Å². The molecule has 0 radical (unpaired) electrons. The largest absolute Gasteiger partial charge is 0.152 e. The molecule has 0 aromatic heterocycles. The van der Waals surface area contributed by atoms with E-state index in [0.717, 1.165) is 23.0 Å². The normalized spacial score (nSPS) is 14.8. The van der Waals surface area contributed by atoms with Crippen molar-refractivity contribution in [1.29, 1.82) is 0 Å². The third kappa shape index (κ3) is 3.36. The summed E-state index contributed by atoms with van der Waals surface area (Å²) in [5.41, 5.74) is 5.68. The zero-order chi connectivity index (χ0) is 17.3. The van der Waals surface area contributed by atoms with Crippen LogP contribution in [0.5, 0.6) is 0 Å². The summed E-state index contributed by atoms with van der Waals surface area (Å²) in [5.74, 6) is 4.25. The summed E-state index contributed by atoms with van der Waals surface area (Å²) in [6, 6.07) is 27.6. The predicted octanol–water partition coefficient (Wildman–Crippen LogP) is 7.17. The maximum Gasteiger partial charge on any atom is 0.0188 e. The Balaban J connectivity index is 1.54. The third-order valence-electron chi connectivity index (χ3n) is 5.01. The van der Waals surface area contributed by atoms with Crippen LogP contribution in [-0.4, -0.2) is 0 Å². The smallest absolute Gasteiger partial charge is 0.0188 e. The quantitative estimate of drug-likeness (QED) is 0.321. The Bertz CT molecular complexity index is 931. The van der Waals surface area contributed by atoms with E-state index in [4.69, 9.17) is 0 Å². The molecule has 0 saturated carbocycles. The molecule has 0 atom stereocenters. The lowest BCUT2D eigenvalue weighted by Gasteiger charge is -2.10. The van der Waals surface area contributed by atoms with Crippen LogP contribution in [0.15, 0.2) is 72.8 Å². The van der Waals surface area contributed by atoms with Gasteiger partial charge >= 0.3 is 0 Å². The van der Waals surface area contributed by atoms with E-state index in [2.05, 4.69) is 72.8 Å². The number of fused-ring (bicyclic) bond motifs is 4. The van der Waals surface area contributed by atoms with Gasteiger partial charge in [0, 0.05) is 23.0 Å². The van der Waals surface area contributed by atoms with Gasteiger partial charge in [0.15, 0.2) is 0 Å². The number of rotatable bonds is 0. The number of benzene rings is 4. The van der Waals surface area contributed by atoms with Crippen LogP contribution in [0, 0.1) is 0 Å². The van der Waals surface area contributed by atoms with Gasteiger partial charge in [0.25, 0.3) is 0 Å². The van der Waals surface area contributed by atoms with Crippen molar-refractivity contribution in [3.05, 3.63) is 95.1 Å². The van der Waals surface area contributed by atoms with Crippen LogP contribution < -0.4 is 0 Å². The van der Waals surface area contributed by atoms with Crippen molar-refractivity contribution in [2.45, 2.75) is 23.0 Å². The van der Waals surface area contributed by atoms with Crippen LogP contribution in [0.2, 0.25) is 0 Å². The molecule has 5 rings (SSSR count). The Morgan fingerprint density at radius 3 is 1.00 bits per heavy atom. The molecule has 0 amide bonds. The van der Waals surface area contributed by atoms with E-state index in [1.807, 2.05) is 23.5 Å². The topological polar surface area (TPSA) is 0 Å². The SMILES string of the molecule is c1cc2ccc3cc2cc1CSCc1ccc2ccc(cc2c1)CSC3. The van der Waals surface area contributed by atoms with Crippen molar-refractivity contribution in [2.24, 2.45) is 0 Å². The fraction of sp³-hybridized carbons (Fsp3) is 0.167. The fourth-order valence-electron chi connectivity index (χ4n) is 3.62. The Morgan fingerprint density at radius 1 is 0.385 bits per heavy atom. The molecule has 0 saturated heterocycles. The van der Waals surface area contributed by atoms with Gasteiger partial charge in [-0.1, -0.05) is 72.8 Å². The summed E-state index contributed by atoms with van der Waals surface area (Å²) in [6.45, 7) is 0. The van der Waals surface area contributed by atoms with Gasteiger partial charge in [0.05, 0.1) is 0 Å². The second-order valence-electron chi connectivity index (χ2n) is 7.02. The van der Waals surface area contributed by atoms with E-state index < -0.39 is 0 Å². The van der Waals surface area contributed by atoms with Crippen molar-refractivity contribution in [3.8, 4) is 0 Å². The average molecular weight is 373 g/mol. The molecule has 1 heterocycles. The summed E-state index contributed by atoms with van der Waals surface area (Å²) >= 11 is 4.00. The van der Waals surface area contributed by atoms with Crippen LogP contribution in [-0.2, 0) is 23.0 Å². The lowest BCUT2D eigenvalue weighted by Crippen LogP contribution is -1.89. The van der Waals surface area contributed by atoms with Gasteiger partial charge in [-0.25, -0.2) is 0 Å². The number of thioether (sulfide) groups is 2. The summed E-state index contributed by atoms with van der Waals surface area (Å²) in [4.78, 5) is 0. The van der Waals surface area contributed by atoms with E-state index >= 15 is 0 Å². The lowest BCUT2D eigenvalue weighted by atomic mass is 10.1. The van der Waals surface area contributed by atoms with Crippen LogP contribution in [0.25, 0.3) is 21.5 Å². The molecule has 0 spiro atoms. The van der Waals surface area contributed by atoms with Crippen LogP contribution in [0.3, 0.4) is 0 Å². The number of hydrogen-bond acceptors (Lipinski definition) is 2. The summed E-state index contributed by atoms with van der Waals surface area (Å²) in [6.07, 6.45) is 0. The molecular weight excluding hydrogens is 352 g/mol. The number of hydrogen-bond donors (Lipinski definition) is 0. The first-order valence-corrected chi connectivity index (χ1v) is 11.3. The highest BCUT2D eigenvalue weighted by molar-refractivity contribution is 7.97. The maximum atomic E-state index is 2.37. The molecule has 26 heavy (non-hydrogen) atoms. The zero-order valence-electron chi connectivity index (χ0n) is 14.6.